The van der Waals surface area contributed by atoms with Crippen molar-refractivity contribution in [2.24, 2.45) is 0 Å². The second-order valence-corrected chi connectivity index (χ2v) is 8.25. The maximum atomic E-state index is 12.5. The molecule has 2 aromatic heterocycles. The molecule has 4 rings (SSSR count). The van der Waals surface area contributed by atoms with Gasteiger partial charge in [-0.1, -0.05) is 36.7 Å². The number of imidazole rings is 1. The number of carbonyl (C=O) groups is 1. The number of hydrogen-bond donors (Lipinski definition) is 1. The van der Waals surface area contributed by atoms with Crippen molar-refractivity contribution in [2.75, 3.05) is 11.1 Å². The highest BCUT2D eigenvalue weighted by Crippen LogP contribution is 2.31. The molecule has 0 aliphatic heterocycles. The topological polar surface area (TPSA) is 64.7 Å². The first-order valence-corrected chi connectivity index (χ1v) is 10.7. The molecule has 0 radical (unpaired) electrons. The molecular weight excluding hydrogens is 370 g/mol. The molecule has 1 fully saturated rings. The molecule has 2 heterocycles. The minimum Gasteiger partial charge on any atom is -0.310 e. The number of carbonyl (C=O) groups excluding carboxylic acids is 1. The van der Waals surface area contributed by atoms with E-state index in [0.29, 0.717) is 11.8 Å². The van der Waals surface area contributed by atoms with Crippen molar-refractivity contribution in [2.45, 2.75) is 50.7 Å². The summed E-state index contributed by atoms with van der Waals surface area (Å²) in [6.07, 6.45) is 10.2. The van der Waals surface area contributed by atoms with Gasteiger partial charge in [-0.2, -0.15) is 5.10 Å². The highest BCUT2D eigenvalue weighted by Gasteiger charge is 2.20. The number of nitrogens with zero attached hydrogens (tertiary/aromatic N) is 4. The number of anilines is 1. The fourth-order valence-corrected chi connectivity index (χ4v) is 4.49. The maximum Gasteiger partial charge on any atom is 0.235 e. The molecule has 1 N–H and O–H groups in total. The van der Waals surface area contributed by atoms with Crippen molar-refractivity contribution in [3.63, 3.8) is 0 Å². The number of amides is 1. The predicted octanol–water partition coefficient (Wildman–Crippen LogP) is 4.53. The number of hydrogen-bond acceptors (Lipinski definition) is 4. The minimum atomic E-state index is -0.0414. The van der Waals surface area contributed by atoms with Gasteiger partial charge in [-0.25, -0.2) is 9.67 Å². The first-order valence-electron chi connectivity index (χ1n) is 9.69. The van der Waals surface area contributed by atoms with Gasteiger partial charge in [0.25, 0.3) is 0 Å². The van der Waals surface area contributed by atoms with Gasteiger partial charge in [0, 0.05) is 18.5 Å². The van der Waals surface area contributed by atoms with Crippen molar-refractivity contribution < 1.29 is 4.79 Å². The van der Waals surface area contributed by atoms with Crippen LogP contribution in [0.4, 0.5) is 5.82 Å². The van der Waals surface area contributed by atoms with E-state index in [4.69, 9.17) is 0 Å². The van der Waals surface area contributed by atoms with Crippen molar-refractivity contribution in [3.8, 4) is 5.69 Å². The van der Waals surface area contributed by atoms with Crippen molar-refractivity contribution in [3.05, 3.63) is 54.0 Å². The largest absolute Gasteiger partial charge is 0.310 e. The van der Waals surface area contributed by atoms with Crippen LogP contribution in [0.1, 0.15) is 42.9 Å². The van der Waals surface area contributed by atoms with E-state index in [2.05, 4.69) is 47.4 Å². The summed E-state index contributed by atoms with van der Waals surface area (Å²) in [5, 5.41) is 8.24. The van der Waals surface area contributed by atoms with E-state index in [0.717, 1.165) is 29.5 Å². The molecule has 3 aromatic rings. The van der Waals surface area contributed by atoms with Gasteiger partial charge in [0.05, 0.1) is 23.7 Å². The molecule has 1 aromatic carbocycles. The second-order valence-electron chi connectivity index (χ2n) is 7.31. The molecule has 1 saturated carbocycles. The lowest BCUT2D eigenvalue weighted by atomic mass is 10.1. The van der Waals surface area contributed by atoms with Crippen LogP contribution in [0.5, 0.6) is 0 Å². The molecule has 0 unspecified atom stereocenters. The normalized spacial score (nSPS) is 14.5. The molecular formula is C21H25N5OS. The first kappa shape index (κ1) is 18.8. The van der Waals surface area contributed by atoms with E-state index in [1.807, 2.05) is 21.5 Å². The number of nitrogens with one attached hydrogen (secondary N) is 1. The zero-order valence-corrected chi connectivity index (χ0v) is 17.1. The number of benzene rings is 1. The van der Waals surface area contributed by atoms with Gasteiger partial charge in [0.2, 0.25) is 5.91 Å². The van der Waals surface area contributed by atoms with E-state index < -0.39 is 0 Å². The van der Waals surface area contributed by atoms with Gasteiger partial charge in [-0.15, -0.1) is 0 Å². The Morgan fingerprint density at radius 1 is 1.21 bits per heavy atom. The summed E-state index contributed by atoms with van der Waals surface area (Å²) in [5.74, 6) is 1.05. The summed E-state index contributed by atoms with van der Waals surface area (Å²) in [4.78, 5) is 17.0. The Morgan fingerprint density at radius 3 is 2.86 bits per heavy atom. The van der Waals surface area contributed by atoms with Gasteiger partial charge < -0.3 is 5.32 Å². The molecule has 146 valence electrons. The van der Waals surface area contributed by atoms with Crippen LogP contribution in [0, 0.1) is 13.8 Å². The minimum absolute atomic E-state index is 0.0414. The lowest BCUT2D eigenvalue weighted by Crippen LogP contribution is -2.19. The molecule has 6 nitrogen and oxygen atoms in total. The highest BCUT2D eigenvalue weighted by atomic mass is 32.2. The zero-order valence-electron chi connectivity index (χ0n) is 16.3. The van der Waals surface area contributed by atoms with Crippen LogP contribution >= 0.6 is 11.8 Å². The Labute approximate surface area is 169 Å². The fraction of sp³-hybridized carbons (Fsp3) is 0.381. The Bertz CT molecular complexity index is 971. The Balaban J connectivity index is 1.42. The van der Waals surface area contributed by atoms with Crippen LogP contribution in [0.15, 0.2) is 48.0 Å². The average molecular weight is 396 g/mol. The Kier molecular flexibility index (Phi) is 5.52. The average Bonchev–Trinajstić information content (AvgIpc) is 3.43. The van der Waals surface area contributed by atoms with E-state index in [1.54, 1.807) is 12.4 Å². The molecule has 28 heavy (non-hydrogen) atoms. The summed E-state index contributed by atoms with van der Waals surface area (Å²) in [5.41, 5.74) is 3.47. The number of rotatable bonds is 6. The molecule has 0 atom stereocenters. The summed E-state index contributed by atoms with van der Waals surface area (Å²) in [6, 6.07) is 8.62. The van der Waals surface area contributed by atoms with Gasteiger partial charge in [-0.05, 0) is 43.9 Å². The molecule has 0 spiro atoms. The lowest BCUT2D eigenvalue weighted by Gasteiger charge is -2.15. The smallest absolute Gasteiger partial charge is 0.235 e. The van der Waals surface area contributed by atoms with E-state index >= 15 is 0 Å². The quantitative estimate of drug-likeness (QED) is 0.623. The van der Waals surface area contributed by atoms with Crippen molar-refractivity contribution >= 4 is 23.5 Å². The van der Waals surface area contributed by atoms with Gasteiger partial charge in [0.1, 0.15) is 5.82 Å². The zero-order chi connectivity index (χ0) is 19.5. The van der Waals surface area contributed by atoms with E-state index in [1.165, 1.54) is 35.7 Å². The van der Waals surface area contributed by atoms with Crippen LogP contribution in [-0.2, 0) is 4.79 Å². The summed E-state index contributed by atoms with van der Waals surface area (Å²) >= 11 is 1.44. The third-order valence-electron chi connectivity index (χ3n) is 5.17. The van der Waals surface area contributed by atoms with Gasteiger partial charge in [-0.3, -0.25) is 9.36 Å². The standard InChI is InChI=1S/C21H25N5OS/c1-15-7-8-16(2)18(13-15)25-12-11-22-21(25)28-14-20(27)24-19-9-10-23-26(19)17-5-3-4-6-17/h7-13,17H,3-6,14H2,1-2H3,(H,24,27). The van der Waals surface area contributed by atoms with Crippen molar-refractivity contribution in [1.82, 2.24) is 19.3 Å². The highest BCUT2D eigenvalue weighted by molar-refractivity contribution is 7.99. The monoisotopic (exact) mass is 395 g/mol. The summed E-state index contributed by atoms with van der Waals surface area (Å²) < 4.78 is 4.01. The predicted molar refractivity (Wildman–Crippen MR) is 112 cm³/mol. The van der Waals surface area contributed by atoms with E-state index in [9.17, 15) is 4.79 Å². The molecule has 0 bridgehead atoms. The van der Waals surface area contributed by atoms with Crippen molar-refractivity contribution in [1.29, 1.82) is 0 Å². The van der Waals surface area contributed by atoms with Crippen LogP contribution < -0.4 is 5.32 Å². The fourth-order valence-electron chi connectivity index (χ4n) is 3.72. The Hall–Kier alpha value is -2.54. The number of aryl methyl sites for hydroxylation is 2. The third kappa shape index (κ3) is 3.99. The summed E-state index contributed by atoms with van der Waals surface area (Å²) in [7, 11) is 0. The number of aromatic nitrogens is 4. The van der Waals surface area contributed by atoms with E-state index in [-0.39, 0.29) is 5.91 Å². The van der Waals surface area contributed by atoms with Crippen LogP contribution in [-0.4, -0.2) is 31.0 Å². The molecule has 1 amide bonds. The molecule has 7 heteroatoms. The first-order chi connectivity index (χ1) is 13.6. The van der Waals surface area contributed by atoms with Crippen LogP contribution in [0.25, 0.3) is 5.69 Å². The molecule has 0 saturated heterocycles. The SMILES string of the molecule is Cc1ccc(C)c(-n2ccnc2SCC(=O)Nc2ccnn2C2CCCC2)c1. The third-order valence-corrected chi connectivity index (χ3v) is 6.14. The molecule has 1 aliphatic carbocycles. The van der Waals surface area contributed by atoms with Gasteiger partial charge in [0.15, 0.2) is 5.16 Å². The Morgan fingerprint density at radius 2 is 2.04 bits per heavy atom. The van der Waals surface area contributed by atoms with Crippen LogP contribution in [0.2, 0.25) is 0 Å². The van der Waals surface area contributed by atoms with Gasteiger partial charge >= 0.3 is 0 Å². The molecule has 1 aliphatic rings. The summed E-state index contributed by atoms with van der Waals surface area (Å²) in [6.45, 7) is 4.16. The maximum absolute atomic E-state index is 12.5. The van der Waals surface area contributed by atoms with Crippen LogP contribution in [0.3, 0.4) is 0 Å². The lowest BCUT2D eigenvalue weighted by molar-refractivity contribution is -0.113. The number of thioether (sulfide) groups is 1. The second kappa shape index (κ2) is 8.22.